The van der Waals surface area contributed by atoms with E-state index in [0.717, 1.165) is 39.1 Å². The number of furan rings is 1. The van der Waals surface area contributed by atoms with Crippen LogP contribution in [-0.2, 0) is 0 Å². The highest BCUT2D eigenvalue weighted by Crippen LogP contribution is 2.09. The van der Waals surface area contributed by atoms with Crippen molar-refractivity contribution >= 4 is 5.91 Å². The van der Waals surface area contributed by atoms with Crippen LogP contribution in [0, 0.1) is 0 Å². The van der Waals surface area contributed by atoms with Crippen LogP contribution in [0.3, 0.4) is 0 Å². The summed E-state index contributed by atoms with van der Waals surface area (Å²) in [6, 6.07) is 1.69. The number of hydrogen-bond donors (Lipinski definition) is 1. The second kappa shape index (κ2) is 5.84. The van der Waals surface area contributed by atoms with Crippen molar-refractivity contribution in [2.75, 3.05) is 39.3 Å². The summed E-state index contributed by atoms with van der Waals surface area (Å²) in [6.07, 6.45) is 3.81. The van der Waals surface area contributed by atoms with Gasteiger partial charge in [0.05, 0.1) is 11.8 Å². The highest BCUT2D eigenvalue weighted by atomic mass is 16.3. The van der Waals surface area contributed by atoms with Gasteiger partial charge in [-0.25, -0.2) is 0 Å². The molecule has 1 saturated heterocycles. The van der Waals surface area contributed by atoms with Crippen LogP contribution in [0.15, 0.2) is 23.0 Å². The van der Waals surface area contributed by atoms with Crippen LogP contribution in [0.5, 0.6) is 0 Å². The predicted octanol–water partition coefficient (Wildman–Crippen LogP) is 0.420. The quantitative estimate of drug-likeness (QED) is 0.826. The van der Waals surface area contributed by atoms with E-state index in [1.807, 2.05) is 4.90 Å². The summed E-state index contributed by atoms with van der Waals surface area (Å²) in [6.45, 7) is 4.39. The van der Waals surface area contributed by atoms with Crippen LogP contribution in [0.4, 0.5) is 0 Å². The zero-order valence-electron chi connectivity index (χ0n) is 9.84. The molecular weight excluding hydrogens is 220 g/mol. The Morgan fingerprint density at radius 1 is 1.35 bits per heavy atom. The van der Waals surface area contributed by atoms with E-state index < -0.39 is 0 Å². The third kappa shape index (κ3) is 3.08. The van der Waals surface area contributed by atoms with Gasteiger partial charge in [-0.1, -0.05) is 0 Å². The number of rotatable bonds is 4. The molecule has 5 heteroatoms. The van der Waals surface area contributed by atoms with E-state index in [-0.39, 0.29) is 12.5 Å². The van der Waals surface area contributed by atoms with Gasteiger partial charge in [-0.3, -0.25) is 9.69 Å². The first kappa shape index (κ1) is 12.1. The average molecular weight is 238 g/mol. The number of piperazine rings is 1. The number of aliphatic hydroxyl groups is 1. The van der Waals surface area contributed by atoms with E-state index >= 15 is 0 Å². The normalized spacial score (nSPS) is 17.4. The zero-order valence-corrected chi connectivity index (χ0v) is 9.84. The molecule has 0 aliphatic carbocycles. The van der Waals surface area contributed by atoms with Crippen molar-refractivity contribution in [1.82, 2.24) is 9.80 Å². The Morgan fingerprint density at radius 2 is 2.12 bits per heavy atom. The first-order valence-corrected chi connectivity index (χ1v) is 5.96. The van der Waals surface area contributed by atoms with Crippen molar-refractivity contribution in [2.24, 2.45) is 0 Å². The van der Waals surface area contributed by atoms with Crippen LogP contribution in [0.2, 0.25) is 0 Å². The monoisotopic (exact) mass is 238 g/mol. The highest BCUT2D eigenvalue weighted by Gasteiger charge is 2.22. The Morgan fingerprint density at radius 3 is 2.71 bits per heavy atom. The van der Waals surface area contributed by atoms with E-state index in [1.54, 1.807) is 6.07 Å². The number of carbonyl (C=O) groups is 1. The summed E-state index contributed by atoms with van der Waals surface area (Å²) in [5.74, 6) is 0.0422. The van der Waals surface area contributed by atoms with Gasteiger partial charge in [0, 0.05) is 39.3 Å². The maximum Gasteiger partial charge on any atom is 0.257 e. The maximum atomic E-state index is 12.0. The van der Waals surface area contributed by atoms with Crippen LogP contribution < -0.4 is 0 Å². The molecule has 5 nitrogen and oxygen atoms in total. The molecule has 0 aromatic carbocycles. The van der Waals surface area contributed by atoms with E-state index in [9.17, 15) is 4.79 Å². The van der Waals surface area contributed by atoms with Crippen molar-refractivity contribution in [3.8, 4) is 0 Å². The molecule has 17 heavy (non-hydrogen) atoms. The summed E-state index contributed by atoms with van der Waals surface area (Å²) in [4.78, 5) is 16.1. The van der Waals surface area contributed by atoms with Gasteiger partial charge >= 0.3 is 0 Å². The highest BCUT2D eigenvalue weighted by molar-refractivity contribution is 5.93. The Labute approximate surface area is 101 Å². The largest absolute Gasteiger partial charge is 0.472 e. The summed E-state index contributed by atoms with van der Waals surface area (Å²) in [5, 5.41) is 8.76. The molecule has 0 radical (unpaired) electrons. The summed E-state index contributed by atoms with van der Waals surface area (Å²) in [7, 11) is 0. The maximum absolute atomic E-state index is 12.0. The van der Waals surface area contributed by atoms with Crippen molar-refractivity contribution in [3.63, 3.8) is 0 Å². The van der Waals surface area contributed by atoms with Crippen LogP contribution in [0.1, 0.15) is 16.8 Å². The predicted molar refractivity (Wildman–Crippen MR) is 62.8 cm³/mol. The lowest BCUT2D eigenvalue weighted by atomic mass is 10.2. The first-order valence-electron chi connectivity index (χ1n) is 5.96. The minimum Gasteiger partial charge on any atom is -0.472 e. The Hall–Kier alpha value is -1.33. The molecule has 1 N–H and O–H groups in total. The lowest BCUT2D eigenvalue weighted by molar-refractivity contribution is 0.0628. The van der Waals surface area contributed by atoms with Gasteiger partial charge in [0.1, 0.15) is 6.26 Å². The standard InChI is InChI=1S/C12H18N2O3/c15-8-1-3-13-4-6-14(7-5-13)12(16)11-2-9-17-10-11/h2,9-10,15H,1,3-8H2. The molecule has 1 aliphatic heterocycles. The lowest BCUT2D eigenvalue weighted by Gasteiger charge is -2.34. The van der Waals surface area contributed by atoms with E-state index in [2.05, 4.69) is 4.90 Å². The number of nitrogens with zero attached hydrogens (tertiary/aromatic N) is 2. The van der Waals surface area contributed by atoms with Crippen molar-refractivity contribution < 1.29 is 14.3 Å². The summed E-state index contributed by atoms with van der Waals surface area (Å²) < 4.78 is 4.91. The molecule has 1 aromatic heterocycles. The van der Waals surface area contributed by atoms with Crippen molar-refractivity contribution in [2.45, 2.75) is 6.42 Å². The van der Waals surface area contributed by atoms with Gasteiger partial charge in [-0.05, 0) is 12.5 Å². The van der Waals surface area contributed by atoms with E-state index in [1.165, 1.54) is 12.5 Å². The van der Waals surface area contributed by atoms with Gasteiger partial charge in [-0.2, -0.15) is 0 Å². The lowest BCUT2D eigenvalue weighted by Crippen LogP contribution is -2.48. The SMILES string of the molecule is O=C(c1ccoc1)N1CCN(CCCO)CC1. The summed E-state index contributed by atoms with van der Waals surface area (Å²) in [5.41, 5.74) is 0.619. The number of aliphatic hydroxyl groups excluding tert-OH is 1. The minimum absolute atomic E-state index is 0.0422. The Bertz CT molecular complexity index is 343. The molecule has 1 aromatic rings. The van der Waals surface area contributed by atoms with E-state index in [0.29, 0.717) is 5.56 Å². The molecular formula is C12H18N2O3. The molecule has 0 spiro atoms. The van der Waals surface area contributed by atoms with Gasteiger partial charge in [-0.15, -0.1) is 0 Å². The Balaban J connectivity index is 1.81. The topological polar surface area (TPSA) is 56.9 Å². The molecule has 2 rings (SSSR count). The van der Waals surface area contributed by atoms with Crippen LogP contribution in [0.25, 0.3) is 0 Å². The smallest absolute Gasteiger partial charge is 0.257 e. The van der Waals surface area contributed by atoms with Gasteiger partial charge in [0.15, 0.2) is 0 Å². The zero-order chi connectivity index (χ0) is 12.1. The van der Waals surface area contributed by atoms with Crippen LogP contribution >= 0.6 is 0 Å². The first-order chi connectivity index (χ1) is 8.31. The third-order valence-electron chi connectivity index (χ3n) is 3.06. The molecule has 94 valence electrons. The third-order valence-corrected chi connectivity index (χ3v) is 3.06. The van der Waals surface area contributed by atoms with Crippen molar-refractivity contribution in [3.05, 3.63) is 24.2 Å². The fourth-order valence-electron chi connectivity index (χ4n) is 2.04. The minimum atomic E-state index is 0.0422. The molecule has 2 heterocycles. The second-order valence-electron chi connectivity index (χ2n) is 4.22. The van der Waals surface area contributed by atoms with E-state index in [4.69, 9.17) is 9.52 Å². The molecule has 0 bridgehead atoms. The molecule has 1 aliphatic rings. The molecule has 1 amide bonds. The van der Waals surface area contributed by atoms with Gasteiger partial charge in [0.25, 0.3) is 5.91 Å². The molecule has 1 fully saturated rings. The number of hydrogen-bond acceptors (Lipinski definition) is 4. The van der Waals surface area contributed by atoms with Crippen LogP contribution in [-0.4, -0.2) is 60.1 Å². The second-order valence-corrected chi connectivity index (χ2v) is 4.22. The molecule has 0 saturated carbocycles. The van der Waals surface area contributed by atoms with Gasteiger partial charge < -0.3 is 14.4 Å². The van der Waals surface area contributed by atoms with Crippen molar-refractivity contribution in [1.29, 1.82) is 0 Å². The average Bonchev–Trinajstić information content (AvgIpc) is 2.90. The number of amides is 1. The molecule has 0 unspecified atom stereocenters. The van der Waals surface area contributed by atoms with Gasteiger partial charge in [0.2, 0.25) is 0 Å². The number of carbonyl (C=O) groups excluding carboxylic acids is 1. The summed E-state index contributed by atoms with van der Waals surface area (Å²) >= 11 is 0. The fraction of sp³-hybridized carbons (Fsp3) is 0.583. The Kier molecular flexibility index (Phi) is 4.17. The fourth-order valence-corrected chi connectivity index (χ4v) is 2.04. The molecule has 0 atom stereocenters.